The van der Waals surface area contributed by atoms with E-state index in [1.54, 1.807) is 6.26 Å². The van der Waals surface area contributed by atoms with E-state index in [1.165, 1.54) is 32.5 Å². The molecule has 3 aliphatic heterocycles. The maximum atomic E-state index is 5.33. The van der Waals surface area contributed by atoms with E-state index < -0.39 is 0 Å². The average molecular weight is 206 g/mol. The van der Waals surface area contributed by atoms with Gasteiger partial charge in [0.05, 0.1) is 12.8 Å². The van der Waals surface area contributed by atoms with E-state index in [0.717, 1.165) is 18.2 Å². The number of furan rings is 1. The Bertz CT molecular complexity index is 301. The van der Waals surface area contributed by atoms with Gasteiger partial charge in [0.15, 0.2) is 0 Å². The highest BCUT2D eigenvalue weighted by atomic mass is 16.3. The fourth-order valence-electron chi connectivity index (χ4n) is 2.84. The number of fused-ring (bicyclic) bond motifs is 3. The molecular formula is C12H18N2O. The highest BCUT2D eigenvalue weighted by molar-refractivity contribution is 4.99. The van der Waals surface area contributed by atoms with Gasteiger partial charge in [0.1, 0.15) is 5.76 Å². The zero-order chi connectivity index (χ0) is 10.1. The minimum Gasteiger partial charge on any atom is -0.468 e. The van der Waals surface area contributed by atoms with Gasteiger partial charge in [0, 0.05) is 12.6 Å². The lowest BCUT2D eigenvalue weighted by atomic mass is 9.84. The molecule has 0 amide bonds. The van der Waals surface area contributed by atoms with Gasteiger partial charge in [-0.3, -0.25) is 0 Å². The Balaban J connectivity index is 1.55. The first kappa shape index (κ1) is 9.43. The normalized spacial score (nSPS) is 34.5. The Labute approximate surface area is 90.4 Å². The van der Waals surface area contributed by atoms with Gasteiger partial charge in [-0.1, -0.05) is 0 Å². The Morgan fingerprint density at radius 2 is 2.27 bits per heavy atom. The summed E-state index contributed by atoms with van der Waals surface area (Å²) in [4.78, 5) is 2.57. The van der Waals surface area contributed by atoms with Crippen LogP contribution in [0.4, 0.5) is 0 Å². The molecule has 3 saturated heterocycles. The minimum absolute atomic E-state index is 0.678. The van der Waals surface area contributed by atoms with E-state index in [2.05, 4.69) is 10.2 Å². The van der Waals surface area contributed by atoms with Gasteiger partial charge in [-0.05, 0) is 44.0 Å². The first-order valence-electron chi connectivity index (χ1n) is 5.90. The quantitative estimate of drug-likeness (QED) is 0.811. The molecule has 1 atom stereocenters. The maximum absolute atomic E-state index is 5.33. The molecule has 4 rings (SSSR count). The van der Waals surface area contributed by atoms with Gasteiger partial charge in [-0.15, -0.1) is 0 Å². The number of piperidine rings is 3. The van der Waals surface area contributed by atoms with Crippen molar-refractivity contribution in [3.8, 4) is 0 Å². The molecular weight excluding hydrogens is 188 g/mol. The van der Waals surface area contributed by atoms with Crippen LogP contribution in [0.25, 0.3) is 0 Å². The summed E-state index contributed by atoms with van der Waals surface area (Å²) < 4.78 is 5.33. The molecule has 1 aromatic heterocycles. The lowest BCUT2D eigenvalue weighted by molar-refractivity contribution is 0.0711. The monoisotopic (exact) mass is 206 g/mol. The lowest BCUT2D eigenvalue weighted by Gasteiger charge is -2.45. The zero-order valence-electron chi connectivity index (χ0n) is 8.98. The summed E-state index contributed by atoms with van der Waals surface area (Å²) in [5.74, 6) is 1.94. The van der Waals surface area contributed by atoms with Crippen molar-refractivity contribution in [3.63, 3.8) is 0 Å². The summed E-state index contributed by atoms with van der Waals surface area (Å²) in [5, 5.41) is 3.62. The number of hydrogen-bond donors (Lipinski definition) is 1. The fourth-order valence-corrected chi connectivity index (χ4v) is 2.84. The molecule has 2 bridgehead atoms. The summed E-state index contributed by atoms with van der Waals surface area (Å²) in [6.45, 7) is 4.72. The summed E-state index contributed by atoms with van der Waals surface area (Å²) >= 11 is 0. The van der Waals surface area contributed by atoms with Crippen LogP contribution >= 0.6 is 0 Å². The third-order valence-electron chi connectivity index (χ3n) is 3.77. The van der Waals surface area contributed by atoms with E-state index in [1.807, 2.05) is 12.1 Å². The SMILES string of the molecule is c1coc(CN[C@@H]2CN3CCC2CC3)c1. The number of nitrogens with one attached hydrogen (secondary N) is 1. The third-order valence-corrected chi connectivity index (χ3v) is 3.77. The van der Waals surface area contributed by atoms with Crippen LogP contribution in [0.3, 0.4) is 0 Å². The summed E-state index contributed by atoms with van der Waals surface area (Å²) in [6.07, 6.45) is 4.49. The zero-order valence-corrected chi connectivity index (χ0v) is 8.98. The smallest absolute Gasteiger partial charge is 0.117 e. The molecule has 1 N–H and O–H groups in total. The first-order valence-corrected chi connectivity index (χ1v) is 5.90. The Morgan fingerprint density at radius 1 is 1.40 bits per heavy atom. The number of hydrogen-bond acceptors (Lipinski definition) is 3. The van der Waals surface area contributed by atoms with E-state index in [-0.39, 0.29) is 0 Å². The van der Waals surface area contributed by atoms with Crippen molar-refractivity contribution < 1.29 is 4.42 Å². The summed E-state index contributed by atoms with van der Waals surface area (Å²) in [5.41, 5.74) is 0. The largest absolute Gasteiger partial charge is 0.468 e. The minimum atomic E-state index is 0.678. The molecule has 0 spiro atoms. The van der Waals surface area contributed by atoms with Crippen molar-refractivity contribution in [3.05, 3.63) is 24.2 Å². The maximum Gasteiger partial charge on any atom is 0.117 e. The number of nitrogens with zero attached hydrogens (tertiary/aromatic N) is 1. The Hall–Kier alpha value is -0.800. The standard InChI is InChI=1S/C12H18N2O/c1-2-11(15-7-1)8-13-12-9-14-5-3-10(12)4-6-14/h1-2,7,10,12-13H,3-6,8-9H2/t12-/m1/s1. The molecule has 0 saturated carbocycles. The Morgan fingerprint density at radius 3 is 2.87 bits per heavy atom. The molecule has 3 fully saturated rings. The molecule has 0 unspecified atom stereocenters. The summed E-state index contributed by atoms with van der Waals surface area (Å²) in [6, 6.07) is 4.67. The molecule has 15 heavy (non-hydrogen) atoms. The van der Waals surface area contributed by atoms with Crippen LogP contribution in [0.2, 0.25) is 0 Å². The molecule has 0 aromatic carbocycles. The number of rotatable bonds is 3. The topological polar surface area (TPSA) is 28.4 Å². The van der Waals surface area contributed by atoms with Crippen LogP contribution in [0, 0.1) is 5.92 Å². The van der Waals surface area contributed by atoms with Gasteiger partial charge in [-0.25, -0.2) is 0 Å². The van der Waals surface area contributed by atoms with E-state index >= 15 is 0 Å². The third kappa shape index (κ3) is 1.94. The van der Waals surface area contributed by atoms with Crippen LogP contribution in [0.15, 0.2) is 22.8 Å². The second-order valence-electron chi connectivity index (χ2n) is 4.70. The fraction of sp³-hybridized carbons (Fsp3) is 0.667. The van der Waals surface area contributed by atoms with Gasteiger partial charge in [0.2, 0.25) is 0 Å². The van der Waals surface area contributed by atoms with Gasteiger partial charge >= 0.3 is 0 Å². The molecule has 0 aliphatic carbocycles. The van der Waals surface area contributed by atoms with E-state index in [0.29, 0.717) is 6.04 Å². The van der Waals surface area contributed by atoms with Crippen LogP contribution in [-0.2, 0) is 6.54 Å². The van der Waals surface area contributed by atoms with Crippen molar-refractivity contribution in [2.75, 3.05) is 19.6 Å². The van der Waals surface area contributed by atoms with Gasteiger partial charge < -0.3 is 14.6 Å². The van der Waals surface area contributed by atoms with Crippen LogP contribution in [0.1, 0.15) is 18.6 Å². The highest BCUT2D eigenvalue weighted by Gasteiger charge is 2.33. The molecule has 3 nitrogen and oxygen atoms in total. The molecule has 82 valence electrons. The van der Waals surface area contributed by atoms with Gasteiger partial charge in [0.25, 0.3) is 0 Å². The summed E-state index contributed by atoms with van der Waals surface area (Å²) in [7, 11) is 0. The average Bonchev–Trinajstić information content (AvgIpc) is 2.81. The highest BCUT2D eigenvalue weighted by Crippen LogP contribution is 2.27. The second kappa shape index (κ2) is 3.99. The van der Waals surface area contributed by atoms with Crippen LogP contribution in [0.5, 0.6) is 0 Å². The van der Waals surface area contributed by atoms with Crippen molar-refractivity contribution in [1.82, 2.24) is 10.2 Å². The van der Waals surface area contributed by atoms with Crippen molar-refractivity contribution in [2.24, 2.45) is 5.92 Å². The first-order chi connectivity index (χ1) is 7.42. The molecule has 1 aromatic rings. The Kier molecular flexibility index (Phi) is 2.51. The van der Waals surface area contributed by atoms with Crippen LogP contribution < -0.4 is 5.32 Å². The van der Waals surface area contributed by atoms with Crippen molar-refractivity contribution in [2.45, 2.75) is 25.4 Å². The lowest BCUT2D eigenvalue weighted by Crippen LogP contribution is -2.55. The molecule has 4 heterocycles. The molecule has 3 aliphatic rings. The predicted molar refractivity (Wildman–Crippen MR) is 58.5 cm³/mol. The van der Waals surface area contributed by atoms with Crippen LogP contribution in [-0.4, -0.2) is 30.6 Å². The second-order valence-corrected chi connectivity index (χ2v) is 4.70. The van der Waals surface area contributed by atoms with E-state index in [9.17, 15) is 0 Å². The molecule has 3 heteroatoms. The molecule has 0 radical (unpaired) electrons. The van der Waals surface area contributed by atoms with E-state index in [4.69, 9.17) is 4.42 Å². The van der Waals surface area contributed by atoms with Gasteiger partial charge in [-0.2, -0.15) is 0 Å². The predicted octanol–water partition coefficient (Wildman–Crippen LogP) is 1.46. The van der Waals surface area contributed by atoms with Crippen molar-refractivity contribution in [1.29, 1.82) is 0 Å². The van der Waals surface area contributed by atoms with Crippen molar-refractivity contribution >= 4 is 0 Å².